The number of nitrogens with two attached hydrogens (primary N) is 1. The molecule has 1 aromatic carbocycles. The third-order valence-electron chi connectivity index (χ3n) is 3.44. The van der Waals surface area contributed by atoms with E-state index in [9.17, 15) is 4.79 Å². The zero-order valence-electron chi connectivity index (χ0n) is 11.7. The quantitative estimate of drug-likeness (QED) is 0.686. The van der Waals surface area contributed by atoms with Crippen LogP contribution in [0.5, 0.6) is 0 Å². The van der Waals surface area contributed by atoms with Crippen molar-refractivity contribution in [2.75, 3.05) is 5.32 Å². The van der Waals surface area contributed by atoms with Gasteiger partial charge in [-0.2, -0.15) is 0 Å². The molecule has 0 radical (unpaired) electrons. The molecule has 3 rings (SSSR count). The van der Waals surface area contributed by atoms with Gasteiger partial charge in [-0.25, -0.2) is 4.98 Å². The Hall–Kier alpha value is -2.82. The Bertz CT molecular complexity index is 790. The molecule has 0 fully saturated rings. The standard InChI is InChI=1S/C16H16N4O/c1-10-2-4-11(5-3-10)8-19-14-12-6-7-18-16(12)20-9-13(14)15(17)21/h2-7,9H,8H2,1H3,(H2,17,21)(H2,18,19,20). The number of rotatable bonds is 4. The highest BCUT2D eigenvalue weighted by atomic mass is 16.1. The van der Waals surface area contributed by atoms with Gasteiger partial charge in [0.15, 0.2) is 0 Å². The summed E-state index contributed by atoms with van der Waals surface area (Å²) in [6.45, 7) is 2.67. The van der Waals surface area contributed by atoms with Crippen LogP contribution in [0, 0.1) is 6.92 Å². The minimum absolute atomic E-state index is 0.397. The lowest BCUT2D eigenvalue weighted by Gasteiger charge is -2.11. The van der Waals surface area contributed by atoms with Gasteiger partial charge in [0.1, 0.15) is 5.65 Å². The monoisotopic (exact) mass is 280 g/mol. The van der Waals surface area contributed by atoms with Gasteiger partial charge < -0.3 is 16.0 Å². The summed E-state index contributed by atoms with van der Waals surface area (Å²) in [5, 5.41) is 4.16. The normalized spacial score (nSPS) is 10.7. The Morgan fingerprint density at radius 3 is 2.76 bits per heavy atom. The van der Waals surface area contributed by atoms with Gasteiger partial charge >= 0.3 is 0 Å². The van der Waals surface area contributed by atoms with Crippen LogP contribution in [-0.4, -0.2) is 15.9 Å². The van der Waals surface area contributed by atoms with Crippen molar-refractivity contribution in [1.29, 1.82) is 0 Å². The number of nitrogens with zero attached hydrogens (tertiary/aromatic N) is 1. The van der Waals surface area contributed by atoms with Crippen molar-refractivity contribution in [3.63, 3.8) is 0 Å². The molecule has 2 heterocycles. The Labute approximate surface area is 122 Å². The molecule has 4 N–H and O–H groups in total. The molecule has 5 nitrogen and oxygen atoms in total. The number of aromatic nitrogens is 2. The molecule has 0 saturated heterocycles. The van der Waals surface area contributed by atoms with Crippen molar-refractivity contribution in [1.82, 2.24) is 9.97 Å². The molecule has 21 heavy (non-hydrogen) atoms. The molecule has 0 atom stereocenters. The SMILES string of the molecule is Cc1ccc(CNc2c(C(N)=O)cnc3[nH]ccc23)cc1. The first-order valence-electron chi connectivity index (χ1n) is 6.70. The van der Waals surface area contributed by atoms with Crippen LogP contribution < -0.4 is 11.1 Å². The van der Waals surface area contributed by atoms with Gasteiger partial charge in [0.25, 0.3) is 5.91 Å². The van der Waals surface area contributed by atoms with Crippen molar-refractivity contribution in [2.45, 2.75) is 13.5 Å². The largest absolute Gasteiger partial charge is 0.380 e. The number of benzene rings is 1. The van der Waals surface area contributed by atoms with Crippen LogP contribution in [0.4, 0.5) is 5.69 Å². The number of pyridine rings is 1. The van der Waals surface area contributed by atoms with E-state index >= 15 is 0 Å². The number of carbonyl (C=O) groups is 1. The first kappa shape index (κ1) is 13.2. The van der Waals surface area contributed by atoms with Gasteiger partial charge in [0.05, 0.1) is 11.3 Å². The van der Waals surface area contributed by atoms with Crippen LogP contribution in [0.1, 0.15) is 21.5 Å². The van der Waals surface area contributed by atoms with Crippen molar-refractivity contribution in [2.24, 2.45) is 5.73 Å². The second-order valence-electron chi connectivity index (χ2n) is 4.99. The lowest BCUT2D eigenvalue weighted by Crippen LogP contribution is -2.15. The van der Waals surface area contributed by atoms with E-state index in [2.05, 4.69) is 46.5 Å². The molecule has 106 valence electrons. The number of aryl methyl sites for hydroxylation is 1. The van der Waals surface area contributed by atoms with Crippen LogP contribution >= 0.6 is 0 Å². The van der Waals surface area contributed by atoms with Crippen molar-refractivity contribution >= 4 is 22.6 Å². The molecular formula is C16H16N4O. The minimum Gasteiger partial charge on any atom is -0.380 e. The fourth-order valence-corrected chi connectivity index (χ4v) is 2.28. The summed E-state index contributed by atoms with van der Waals surface area (Å²) in [6, 6.07) is 10.1. The van der Waals surface area contributed by atoms with Gasteiger partial charge in [0, 0.05) is 24.3 Å². The van der Waals surface area contributed by atoms with Gasteiger partial charge in [0.2, 0.25) is 0 Å². The van der Waals surface area contributed by atoms with Crippen LogP contribution in [0.15, 0.2) is 42.7 Å². The van der Waals surface area contributed by atoms with Gasteiger partial charge in [-0.15, -0.1) is 0 Å². The summed E-state index contributed by atoms with van der Waals surface area (Å²) >= 11 is 0. The number of primary amides is 1. The molecule has 0 aliphatic rings. The molecule has 3 aromatic rings. The molecule has 0 aliphatic carbocycles. The van der Waals surface area contributed by atoms with E-state index in [1.165, 1.54) is 11.8 Å². The maximum absolute atomic E-state index is 11.6. The van der Waals surface area contributed by atoms with Crippen molar-refractivity contribution < 1.29 is 4.79 Å². The number of nitrogens with one attached hydrogen (secondary N) is 2. The highest BCUT2D eigenvalue weighted by Gasteiger charge is 2.13. The van der Waals surface area contributed by atoms with Crippen LogP contribution in [0.2, 0.25) is 0 Å². The topological polar surface area (TPSA) is 83.8 Å². The molecule has 0 unspecified atom stereocenters. The molecule has 0 bridgehead atoms. The Balaban J connectivity index is 1.94. The minimum atomic E-state index is -0.489. The lowest BCUT2D eigenvalue weighted by atomic mass is 10.1. The summed E-state index contributed by atoms with van der Waals surface area (Å²) in [7, 11) is 0. The molecule has 1 amide bonds. The number of carbonyl (C=O) groups excluding carboxylic acids is 1. The summed E-state index contributed by atoms with van der Waals surface area (Å²) in [4.78, 5) is 18.8. The van der Waals surface area contributed by atoms with Crippen molar-refractivity contribution in [3.8, 4) is 0 Å². The number of anilines is 1. The average molecular weight is 280 g/mol. The second-order valence-corrected chi connectivity index (χ2v) is 4.99. The van der Waals surface area contributed by atoms with E-state index in [-0.39, 0.29) is 0 Å². The summed E-state index contributed by atoms with van der Waals surface area (Å²) in [5.41, 5.74) is 9.63. The molecule has 0 spiro atoms. The molecule has 0 saturated carbocycles. The van der Waals surface area contributed by atoms with E-state index in [1.54, 1.807) is 6.20 Å². The number of H-pyrrole nitrogens is 1. The lowest BCUT2D eigenvalue weighted by molar-refractivity contribution is 0.100. The highest BCUT2D eigenvalue weighted by molar-refractivity contribution is 6.05. The number of fused-ring (bicyclic) bond motifs is 1. The van der Waals surface area contributed by atoms with Crippen LogP contribution in [0.25, 0.3) is 11.0 Å². The van der Waals surface area contributed by atoms with E-state index in [0.717, 1.165) is 16.6 Å². The molecule has 0 aliphatic heterocycles. The van der Waals surface area contributed by atoms with E-state index in [0.29, 0.717) is 17.8 Å². The molecular weight excluding hydrogens is 264 g/mol. The third kappa shape index (κ3) is 2.58. The van der Waals surface area contributed by atoms with E-state index < -0.39 is 5.91 Å². The predicted octanol–water partition coefficient (Wildman–Crippen LogP) is 2.58. The Morgan fingerprint density at radius 1 is 1.29 bits per heavy atom. The van der Waals surface area contributed by atoms with E-state index in [1.807, 2.05) is 6.07 Å². The third-order valence-corrected chi connectivity index (χ3v) is 3.44. The first-order valence-corrected chi connectivity index (χ1v) is 6.70. The second kappa shape index (κ2) is 5.28. The van der Waals surface area contributed by atoms with Crippen LogP contribution in [-0.2, 0) is 6.54 Å². The Kier molecular flexibility index (Phi) is 3.31. The summed E-state index contributed by atoms with van der Waals surface area (Å²) in [5.74, 6) is -0.489. The van der Waals surface area contributed by atoms with Gasteiger partial charge in [-0.3, -0.25) is 4.79 Å². The van der Waals surface area contributed by atoms with Crippen molar-refractivity contribution in [3.05, 3.63) is 59.4 Å². The average Bonchev–Trinajstić information content (AvgIpc) is 2.94. The number of hydrogen-bond acceptors (Lipinski definition) is 3. The van der Waals surface area contributed by atoms with Gasteiger partial charge in [-0.1, -0.05) is 29.8 Å². The zero-order chi connectivity index (χ0) is 14.8. The predicted molar refractivity (Wildman–Crippen MR) is 83.1 cm³/mol. The highest BCUT2D eigenvalue weighted by Crippen LogP contribution is 2.25. The smallest absolute Gasteiger partial charge is 0.252 e. The first-order chi connectivity index (χ1) is 10.1. The van der Waals surface area contributed by atoms with Gasteiger partial charge in [-0.05, 0) is 18.6 Å². The molecule has 2 aromatic heterocycles. The summed E-state index contributed by atoms with van der Waals surface area (Å²) < 4.78 is 0. The fraction of sp³-hybridized carbons (Fsp3) is 0.125. The maximum atomic E-state index is 11.6. The number of aromatic amines is 1. The maximum Gasteiger partial charge on any atom is 0.252 e. The Morgan fingerprint density at radius 2 is 2.05 bits per heavy atom. The molecule has 5 heteroatoms. The van der Waals surface area contributed by atoms with E-state index in [4.69, 9.17) is 5.73 Å². The summed E-state index contributed by atoms with van der Waals surface area (Å²) in [6.07, 6.45) is 3.29. The fourth-order valence-electron chi connectivity index (χ4n) is 2.28. The number of hydrogen-bond donors (Lipinski definition) is 3. The number of amides is 1. The van der Waals surface area contributed by atoms with Crippen LogP contribution in [0.3, 0.4) is 0 Å². The zero-order valence-corrected chi connectivity index (χ0v) is 11.7.